The lowest BCUT2D eigenvalue weighted by Gasteiger charge is -2.15. The fraction of sp³-hybridized carbons (Fsp3) is 0.593. The quantitative estimate of drug-likeness (QED) is 0.116. The highest BCUT2D eigenvalue weighted by molar-refractivity contribution is 7.47. The molecule has 0 aromatic carbocycles. The summed E-state index contributed by atoms with van der Waals surface area (Å²) in [5.41, 5.74) is 12.9. The Bertz CT molecular complexity index is 1730. The van der Waals surface area contributed by atoms with Gasteiger partial charge in [0.1, 0.15) is 24.3 Å². The van der Waals surface area contributed by atoms with Crippen LogP contribution in [-0.4, -0.2) is 121 Å². The summed E-state index contributed by atoms with van der Waals surface area (Å²) in [5, 5.41) is 16.7. The number of fused-ring (bicyclic) bond motifs is 2. The average molecular weight is 732 g/mol. The molecule has 2 aliphatic heterocycles. The van der Waals surface area contributed by atoms with Crippen molar-refractivity contribution in [3.63, 3.8) is 0 Å². The van der Waals surface area contributed by atoms with Gasteiger partial charge >= 0.3 is 7.82 Å². The summed E-state index contributed by atoms with van der Waals surface area (Å²) >= 11 is 0. The van der Waals surface area contributed by atoms with Crippen LogP contribution in [0, 0.1) is 0 Å². The summed E-state index contributed by atoms with van der Waals surface area (Å²) in [6.45, 7) is 2.55. The Morgan fingerprint density at radius 3 is 2.06 bits per heavy atom. The summed E-state index contributed by atoms with van der Waals surface area (Å²) < 4.78 is 38.5. The number of phosphoric ester groups is 1. The van der Waals surface area contributed by atoms with Crippen molar-refractivity contribution in [2.24, 2.45) is 0 Å². The number of nitrogen functional groups attached to an aromatic ring is 2. The van der Waals surface area contributed by atoms with Crippen LogP contribution in [-0.2, 0) is 32.6 Å². The highest BCUT2D eigenvalue weighted by atomic mass is 31.2. The highest BCUT2D eigenvalue weighted by Gasteiger charge is 2.29. The average Bonchev–Trinajstić information content (AvgIpc) is 3.93. The van der Waals surface area contributed by atoms with Crippen LogP contribution in [0.15, 0.2) is 23.8 Å². The van der Waals surface area contributed by atoms with Gasteiger partial charge in [-0.05, 0) is 25.7 Å². The van der Waals surface area contributed by atoms with E-state index in [4.69, 9.17) is 40.8 Å². The topological polar surface area (TPSA) is 312 Å². The van der Waals surface area contributed by atoms with Gasteiger partial charge in [0.05, 0.1) is 31.5 Å². The Morgan fingerprint density at radius 1 is 0.940 bits per heavy atom. The number of nitrogens with one attached hydrogen (secondary N) is 2. The first-order valence-electron chi connectivity index (χ1n) is 15.0. The zero-order valence-electron chi connectivity index (χ0n) is 28.6. The Hall–Kier alpha value is -4.12. The van der Waals surface area contributed by atoms with Crippen LogP contribution in [0.2, 0.25) is 0 Å². The first kappa shape index (κ1) is 42.0. The lowest BCUT2D eigenvalue weighted by molar-refractivity contribution is -0.119. The monoisotopic (exact) mass is 731 g/mol. The Balaban J connectivity index is 0.000000272. The molecule has 6 rings (SSSR count). The largest absolute Gasteiger partial charge is 0.471 e. The first-order valence-corrected chi connectivity index (χ1v) is 16.5. The predicted molar refractivity (Wildman–Crippen MR) is 179 cm³/mol. The number of phosphoric acid groups is 1. The molecular formula is C27H46N11O11P. The molecule has 0 radical (unpaired) electrons. The summed E-state index contributed by atoms with van der Waals surface area (Å²) in [6, 6.07) is 0. The molecular weight excluding hydrogens is 685 g/mol. The SMILES string of the molecule is CC(=O)NCC1CCC(n2cnc3c(=O)[nH]c(N)nc32)O1.CO.CO.COCC1CCC(n2cnc3c(N)ncnc32)O1.COP(=O)(O)OC. The van der Waals surface area contributed by atoms with E-state index in [2.05, 4.69) is 44.3 Å². The maximum atomic E-state index is 11.7. The van der Waals surface area contributed by atoms with Gasteiger partial charge in [0, 0.05) is 49.0 Å². The van der Waals surface area contributed by atoms with Crippen molar-refractivity contribution in [1.29, 1.82) is 0 Å². The Morgan fingerprint density at radius 2 is 1.50 bits per heavy atom. The standard InChI is InChI=1S/C12H16N6O3.C11H15N5O2.C2H7O4P.2CH4O/c1-6(19)14-4-7-2-3-8(21-7)18-5-15-9-10(18)16-12(13)17-11(9)20;1-17-4-7-2-3-8(18-7)16-6-15-9-10(12)13-5-14-11(9)16;1-5-7(3,4)6-2;2*1-2/h5,7-8H,2-4H2,1H3,(H,14,19)(H3,13,16,17,20);5-8H,2-4H2,1H3,(H2,12,13,14);1-2H3,(H,3,4);2*2H,1H3. The Kier molecular flexibility index (Phi) is 17.3. The van der Waals surface area contributed by atoms with Gasteiger partial charge in [-0.3, -0.25) is 32.8 Å². The van der Waals surface area contributed by atoms with Crippen molar-refractivity contribution in [2.45, 2.75) is 57.3 Å². The number of aliphatic hydroxyl groups excluding tert-OH is 2. The summed E-state index contributed by atoms with van der Waals surface area (Å²) in [5.74, 6) is 0.350. The molecule has 0 spiro atoms. The van der Waals surface area contributed by atoms with Gasteiger partial charge in [0.15, 0.2) is 22.6 Å². The smallest absolute Gasteiger partial charge is 0.400 e. The lowest BCUT2D eigenvalue weighted by Crippen LogP contribution is -2.30. The van der Waals surface area contributed by atoms with Gasteiger partial charge in [-0.1, -0.05) is 0 Å². The van der Waals surface area contributed by atoms with Gasteiger partial charge in [-0.15, -0.1) is 0 Å². The van der Waals surface area contributed by atoms with Crippen LogP contribution in [0.5, 0.6) is 0 Å². The fourth-order valence-corrected chi connectivity index (χ4v) is 4.96. The van der Waals surface area contributed by atoms with Crippen molar-refractivity contribution < 1.29 is 47.7 Å². The number of nitrogens with zero attached hydrogens (tertiary/aromatic N) is 7. The number of anilines is 2. The van der Waals surface area contributed by atoms with E-state index in [1.54, 1.807) is 18.0 Å². The van der Waals surface area contributed by atoms with Crippen molar-refractivity contribution in [3.8, 4) is 0 Å². The molecule has 0 saturated carbocycles. The second-order valence-electron chi connectivity index (χ2n) is 10.2. The molecule has 23 heteroatoms. The number of nitrogens with two attached hydrogens (primary N) is 2. The number of methoxy groups -OCH3 is 1. The van der Waals surface area contributed by atoms with E-state index in [0.29, 0.717) is 35.8 Å². The molecule has 22 nitrogen and oxygen atoms in total. The van der Waals surface area contributed by atoms with Crippen LogP contribution in [0.25, 0.3) is 22.3 Å². The first-order chi connectivity index (χ1) is 24.0. The van der Waals surface area contributed by atoms with Crippen LogP contribution < -0.4 is 22.3 Å². The molecule has 6 heterocycles. The molecule has 1 amide bonds. The summed E-state index contributed by atoms with van der Waals surface area (Å²) in [7, 11) is 2.23. The normalized spacial score (nSPS) is 19.6. The number of carbonyl (C=O) groups excluding carboxylic acids is 1. The van der Waals surface area contributed by atoms with Gasteiger partial charge < -0.3 is 46.1 Å². The number of H-pyrrole nitrogens is 1. The second-order valence-corrected chi connectivity index (χ2v) is 11.8. The van der Waals surface area contributed by atoms with Crippen molar-refractivity contribution >= 4 is 47.8 Å². The van der Waals surface area contributed by atoms with E-state index >= 15 is 0 Å². The third-order valence-electron chi connectivity index (χ3n) is 7.02. The minimum absolute atomic E-state index is 0.0436. The number of carbonyl (C=O) groups is 1. The number of hydrogen-bond donors (Lipinski definition) is 7. The van der Waals surface area contributed by atoms with E-state index in [1.165, 1.54) is 19.6 Å². The number of imidazole rings is 2. The van der Waals surface area contributed by atoms with E-state index in [9.17, 15) is 14.2 Å². The number of aromatic amines is 1. The zero-order chi connectivity index (χ0) is 37.4. The van der Waals surface area contributed by atoms with Crippen LogP contribution >= 0.6 is 7.82 Å². The molecule has 280 valence electrons. The van der Waals surface area contributed by atoms with E-state index in [0.717, 1.165) is 54.1 Å². The predicted octanol–water partition coefficient (Wildman–Crippen LogP) is -0.155. The molecule has 4 unspecified atom stereocenters. The highest BCUT2D eigenvalue weighted by Crippen LogP contribution is 2.40. The summed E-state index contributed by atoms with van der Waals surface area (Å²) in [4.78, 5) is 53.8. The molecule has 2 saturated heterocycles. The van der Waals surface area contributed by atoms with Crippen LogP contribution in [0.1, 0.15) is 45.1 Å². The number of aromatic nitrogens is 8. The lowest BCUT2D eigenvalue weighted by atomic mass is 10.2. The second kappa shape index (κ2) is 20.5. The molecule has 4 aromatic rings. The molecule has 9 N–H and O–H groups in total. The van der Waals surface area contributed by atoms with Gasteiger partial charge in [-0.25, -0.2) is 24.5 Å². The minimum atomic E-state index is -3.65. The third kappa shape index (κ3) is 11.5. The maximum Gasteiger partial charge on any atom is 0.471 e. The van der Waals surface area contributed by atoms with E-state index in [1.807, 2.05) is 4.57 Å². The van der Waals surface area contributed by atoms with Crippen LogP contribution in [0.4, 0.5) is 11.8 Å². The Labute approximate surface area is 286 Å². The molecule has 2 aliphatic rings. The van der Waals surface area contributed by atoms with Crippen molar-refractivity contribution in [1.82, 2.24) is 44.4 Å². The molecule has 50 heavy (non-hydrogen) atoms. The number of ether oxygens (including phenoxy) is 3. The fourth-order valence-electron chi connectivity index (χ4n) is 4.81. The van der Waals surface area contributed by atoms with Crippen molar-refractivity contribution in [3.05, 3.63) is 29.3 Å². The molecule has 2 fully saturated rings. The van der Waals surface area contributed by atoms with Gasteiger partial charge in [0.2, 0.25) is 11.9 Å². The number of amides is 1. The molecule has 0 aliphatic carbocycles. The zero-order valence-corrected chi connectivity index (χ0v) is 29.5. The number of aliphatic hydroxyl groups is 2. The van der Waals surface area contributed by atoms with Crippen molar-refractivity contribution in [2.75, 3.05) is 60.2 Å². The molecule has 4 atom stereocenters. The summed E-state index contributed by atoms with van der Waals surface area (Å²) in [6.07, 6.45) is 7.89. The van der Waals surface area contributed by atoms with Gasteiger partial charge in [0.25, 0.3) is 5.56 Å². The van der Waals surface area contributed by atoms with E-state index < -0.39 is 7.82 Å². The number of rotatable bonds is 8. The maximum absolute atomic E-state index is 11.7. The third-order valence-corrected chi connectivity index (χ3v) is 7.94. The number of hydrogen-bond acceptors (Lipinski definition) is 17. The minimum Gasteiger partial charge on any atom is -0.400 e. The van der Waals surface area contributed by atoms with Gasteiger partial charge in [-0.2, -0.15) is 4.98 Å². The van der Waals surface area contributed by atoms with Crippen LogP contribution in [0.3, 0.4) is 0 Å². The molecule has 4 aromatic heterocycles. The van der Waals surface area contributed by atoms with E-state index in [-0.39, 0.29) is 47.6 Å². The molecule has 0 bridgehead atoms.